The van der Waals surface area contributed by atoms with E-state index in [4.69, 9.17) is 9.47 Å². The van der Waals surface area contributed by atoms with E-state index in [9.17, 15) is 4.79 Å². The van der Waals surface area contributed by atoms with Crippen molar-refractivity contribution in [1.82, 2.24) is 4.98 Å². The van der Waals surface area contributed by atoms with E-state index in [0.29, 0.717) is 30.6 Å². The summed E-state index contributed by atoms with van der Waals surface area (Å²) in [5.74, 6) is 0.652. The normalized spacial score (nSPS) is 10.4. The van der Waals surface area contributed by atoms with Gasteiger partial charge in [-0.2, -0.15) is 0 Å². The highest BCUT2D eigenvalue weighted by atomic mass is 16.5. The van der Waals surface area contributed by atoms with Crippen LogP contribution in [0.2, 0.25) is 0 Å². The molecular formula is C13H19NO3. The highest BCUT2D eigenvalue weighted by molar-refractivity contribution is 5.89. The first-order chi connectivity index (χ1) is 8.13. The lowest BCUT2D eigenvalue weighted by atomic mass is 10.1. The fourth-order valence-electron chi connectivity index (χ4n) is 1.23. The van der Waals surface area contributed by atoms with E-state index < -0.39 is 0 Å². The smallest absolute Gasteiger partial charge is 0.338 e. The van der Waals surface area contributed by atoms with Crippen LogP contribution in [-0.4, -0.2) is 24.2 Å². The zero-order valence-corrected chi connectivity index (χ0v) is 10.6. The van der Waals surface area contributed by atoms with E-state index in [1.54, 1.807) is 18.3 Å². The minimum atomic E-state index is -0.325. The van der Waals surface area contributed by atoms with Crippen LogP contribution in [0.3, 0.4) is 0 Å². The number of hydrogen-bond donors (Lipinski definition) is 0. The summed E-state index contributed by atoms with van der Waals surface area (Å²) in [4.78, 5) is 15.7. The molecule has 4 heteroatoms. The standard InChI is InChI=1S/C13H19NO3/c1-4-16-12-9-11(5-7-14-12)13(15)17-8-6-10(2)3/h5,7,9-10H,4,6,8H2,1-3H3. The molecule has 1 aromatic heterocycles. The first-order valence-electron chi connectivity index (χ1n) is 5.89. The Morgan fingerprint density at radius 2 is 2.24 bits per heavy atom. The number of carbonyl (C=O) groups excluding carboxylic acids is 1. The van der Waals surface area contributed by atoms with Crippen LogP contribution in [0.1, 0.15) is 37.6 Å². The van der Waals surface area contributed by atoms with Crippen LogP contribution in [0.15, 0.2) is 18.3 Å². The van der Waals surface area contributed by atoms with E-state index >= 15 is 0 Å². The zero-order valence-electron chi connectivity index (χ0n) is 10.6. The van der Waals surface area contributed by atoms with E-state index in [-0.39, 0.29) is 5.97 Å². The first-order valence-corrected chi connectivity index (χ1v) is 5.89. The average molecular weight is 237 g/mol. The van der Waals surface area contributed by atoms with Crippen molar-refractivity contribution < 1.29 is 14.3 Å². The summed E-state index contributed by atoms with van der Waals surface area (Å²) >= 11 is 0. The number of aromatic nitrogens is 1. The van der Waals surface area contributed by atoms with Crippen molar-refractivity contribution in [2.75, 3.05) is 13.2 Å². The number of nitrogens with zero attached hydrogens (tertiary/aromatic N) is 1. The van der Waals surface area contributed by atoms with E-state index in [1.807, 2.05) is 6.92 Å². The average Bonchev–Trinajstić information content (AvgIpc) is 2.29. The van der Waals surface area contributed by atoms with Crippen LogP contribution < -0.4 is 4.74 Å². The van der Waals surface area contributed by atoms with Crippen LogP contribution >= 0.6 is 0 Å². The largest absolute Gasteiger partial charge is 0.478 e. The number of esters is 1. The molecule has 0 aromatic carbocycles. The fourth-order valence-corrected chi connectivity index (χ4v) is 1.23. The number of rotatable bonds is 6. The highest BCUT2D eigenvalue weighted by Crippen LogP contribution is 2.11. The fraction of sp³-hybridized carbons (Fsp3) is 0.538. The molecule has 0 bridgehead atoms. The quantitative estimate of drug-likeness (QED) is 0.714. The van der Waals surface area contributed by atoms with Gasteiger partial charge in [-0.1, -0.05) is 13.8 Å². The lowest BCUT2D eigenvalue weighted by molar-refractivity contribution is 0.0487. The van der Waals surface area contributed by atoms with Gasteiger partial charge in [0.2, 0.25) is 5.88 Å². The van der Waals surface area contributed by atoms with Crippen LogP contribution in [0.5, 0.6) is 5.88 Å². The molecule has 0 amide bonds. The Morgan fingerprint density at radius 1 is 1.47 bits per heavy atom. The molecule has 0 fully saturated rings. The number of ether oxygens (including phenoxy) is 2. The zero-order chi connectivity index (χ0) is 12.7. The maximum atomic E-state index is 11.7. The Hall–Kier alpha value is -1.58. The van der Waals surface area contributed by atoms with Gasteiger partial charge in [0.1, 0.15) is 0 Å². The van der Waals surface area contributed by atoms with Gasteiger partial charge in [-0.25, -0.2) is 9.78 Å². The van der Waals surface area contributed by atoms with Gasteiger partial charge < -0.3 is 9.47 Å². The Bertz CT molecular complexity index is 363. The number of hydrogen-bond acceptors (Lipinski definition) is 4. The second kappa shape index (κ2) is 6.89. The molecular weight excluding hydrogens is 218 g/mol. The molecule has 0 atom stereocenters. The van der Waals surface area contributed by atoms with Gasteiger partial charge in [0.25, 0.3) is 0 Å². The number of pyridine rings is 1. The second-order valence-electron chi connectivity index (χ2n) is 4.13. The Morgan fingerprint density at radius 3 is 2.88 bits per heavy atom. The molecule has 0 saturated carbocycles. The minimum absolute atomic E-state index is 0.325. The molecule has 94 valence electrons. The SMILES string of the molecule is CCOc1cc(C(=O)OCCC(C)C)ccn1. The summed E-state index contributed by atoms with van der Waals surface area (Å²) in [7, 11) is 0. The lowest BCUT2D eigenvalue weighted by Gasteiger charge is -2.07. The van der Waals surface area contributed by atoms with Gasteiger partial charge in [-0.15, -0.1) is 0 Å². The monoisotopic (exact) mass is 237 g/mol. The van der Waals surface area contributed by atoms with Crippen LogP contribution in [-0.2, 0) is 4.74 Å². The molecule has 1 rings (SSSR count). The second-order valence-corrected chi connectivity index (χ2v) is 4.13. The topological polar surface area (TPSA) is 48.4 Å². The Labute approximate surface area is 102 Å². The van der Waals surface area contributed by atoms with Crippen LogP contribution in [0.4, 0.5) is 0 Å². The van der Waals surface area contributed by atoms with Crippen molar-refractivity contribution >= 4 is 5.97 Å². The Balaban J connectivity index is 2.53. The van der Waals surface area contributed by atoms with Crippen LogP contribution in [0, 0.1) is 5.92 Å². The molecule has 1 heterocycles. The molecule has 0 aliphatic rings. The van der Waals surface area contributed by atoms with Crippen molar-refractivity contribution in [3.8, 4) is 5.88 Å². The molecule has 0 saturated heterocycles. The third kappa shape index (κ3) is 4.85. The predicted octanol–water partition coefficient (Wildman–Crippen LogP) is 2.68. The molecule has 1 aromatic rings. The van der Waals surface area contributed by atoms with Crippen molar-refractivity contribution in [1.29, 1.82) is 0 Å². The van der Waals surface area contributed by atoms with Crippen molar-refractivity contribution in [3.63, 3.8) is 0 Å². The van der Waals surface area contributed by atoms with E-state index in [1.165, 1.54) is 0 Å². The molecule has 0 spiro atoms. The molecule has 17 heavy (non-hydrogen) atoms. The summed E-state index contributed by atoms with van der Waals surface area (Å²) in [6, 6.07) is 3.22. The molecule has 0 aliphatic heterocycles. The highest BCUT2D eigenvalue weighted by Gasteiger charge is 2.09. The lowest BCUT2D eigenvalue weighted by Crippen LogP contribution is -2.08. The molecule has 0 aliphatic carbocycles. The van der Waals surface area contributed by atoms with Crippen LogP contribution in [0.25, 0.3) is 0 Å². The van der Waals surface area contributed by atoms with Gasteiger partial charge in [0, 0.05) is 12.3 Å². The molecule has 0 radical (unpaired) electrons. The van der Waals surface area contributed by atoms with Crippen molar-refractivity contribution in [2.24, 2.45) is 5.92 Å². The summed E-state index contributed by atoms with van der Waals surface area (Å²) in [6.07, 6.45) is 2.42. The molecule has 0 N–H and O–H groups in total. The summed E-state index contributed by atoms with van der Waals surface area (Å²) in [6.45, 7) is 7.03. The molecule has 0 unspecified atom stereocenters. The Kier molecular flexibility index (Phi) is 5.46. The van der Waals surface area contributed by atoms with E-state index in [0.717, 1.165) is 6.42 Å². The van der Waals surface area contributed by atoms with Gasteiger partial charge in [0.05, 0.1) is 18.8 Å². The van der Waals surface area contributed by atoms with Gasteiger partial charge >= 0.3 is 5.97 Å². The first kappa shape index (κ1) is 13.5. The summed E-state index contributed by atoms with van der Waals surface area (Å²) < 4.78 is 10.4. The van der Waals surface area contributed by atoms with Crippen molar-refractivity contribution in [3.05, 3.63) is 23.9 Å². The van der Waals surface area contributed by atoms with Crippen molar-refractivity contribution in [2.45, 2.75) is 27.2 Å². The van der Waals surface area contributed by atoms with E-state index in [2.05, 4.69) is 18.8 Å². The van der Waals surface area contributed by atoms with Gasteiger partial charge in [-0.3, -0.25) is 0 Å². The maximum Gasteiger partial charge on any atom is 0.338 e. The predicted molar refractivity (Wildman–Crippen MR) is 65.1 cm³/mol. The summed E-state index contributed by atoms with van der Waals surface area (Å²) in [5.41, 5.74) is 0.479. The maximum absolute atomic E-state index is 11.7. The van der Waals surface area contributed by atoms with Gasteiger partial charge in [0.15, 0.2) is 0 Å². The third-order valence-corrected chi connectivity index (χ3v) is 2.19. The summed E-state index contributed by atoms with van der Waals surface area (Å²) in [5, 5.41) is 0. The number of carbonyl (C=O) groups is 1. The van der Waals surface area contributed by atoms with Gasteiger partial charge in [-0.05, 0) is 25.3 Å². The minimum Gasteiger partial charge on any atom is -0.478 e. The third-order valence-electron chi connectivity index (χ3n) is 2.19. The molecule has 4 nitrogen and oxygen atoms in total.